The van der Waals surface area contributed by atoms with Crippen molar-refractivity contribution in [2.45, 2.75) is 40.7 Å². The van der Waals surface area contributed by atoms with Crippen molar-refractivity contribution in [1.29, 1.82) is 0 Å². The van der Waals surface area contributed by atoms with Gasteiger partial charge in [-0.3, -0.25) is 4.98 Å². The SMILES string of the molecule is CCC(C)(CNCC(C)C)CN(C)Cc1cccnc1. The molecule has 0 saturated heterocycles. The van der Waals surface area contributed by atoms with Gasteiger partial charge in [-0.1, -0.05) is 33.8 Å². The van der Waals surface area contributed by atoms with Gasteiger partial charge in [-0.25, -0.2) is 0 Å². The molecule has 1 unspecified atom stereocenters. The zero-order valence-corrected chi connectivity index (χ0v) is 13.8. The average molecular weight is 277 g/mol. The van der Waals surface area contributed by atoms with E-state index in [0.29, 0.717) is 11.3 Å². The highest BCUT2D eigenvalue weighted by atomic mass is 15.1. The summed E-state index contributed by atoms with van der Waals surface area (Å²) in [6.45, 7) is 13.4. The molecule has 1 aromatic rings. The normalized spacial score (nSPS) is 14.8. The van der Waals surface area contributed by atoms with Gasteiger partial charge in [0.2, 0.25) is 0 Å². The first-order valence-electron chi connectivity index (χ1n) is 7.73. The number of nitrogens with zero attached hydrogens (tertiary/aromatic N) is 2. The van der Waals surface area contributed by atoms with Gasteiger partial charge in [0, 0.05) is 32.0 Å². The maximum Gasteiger partial charge on any atom is 0.0312 e. The Bertz CT molecular complexity index is 364. The number of pyridine rings is 1. The van der Waals surface area contributed by atoms with Crippen molar-refractivity contribution in [2.75, 3.05) is 26.7 Å². The number of hydrogen-bond donors (Lipinski definition) is 1. The Morgan fingerprint density at radius 1 is 1.40 bits per heavy atom. The molecule has 0 saturated carbocycles. The summed E-state index contributed by atoms with van der Waals surface area (Å²) in [7, 11) is 2.20. The van der Waals surface area contributed by atoms with E-state index in [2.05, 4.69) is 56.0 Å². The molecule has 1 heterocycles. The fourth-order valence-electron chi connectivity index (χ4n) is 2.47. The van der Waals surface area contributed by atoms with Gasteiger partial charge in [-0.05, 0) is 43.0 Å². The van der Waals surface area contributed by atoms with Gasteiger partial charge in [0.15, 0.2) is 0 Å². The molecule has 0 amide bonds. The first-order chi connectivity index (χ1) is 9.45. The van der Waals surface area contributed by atoms with Gasteiger partial charge in [-0.15, -0.1) is 0 Å². The van der Waals surface area contributed by atoms with Crippen molar-refractivity contribution in [3.8, 4) is 0 Å². The quantitative estimate of drug-likeness (QED) is 0.751. The summed E-state index contributed by atoms with van der Waals surface area (Å²) < 4.78 is 0. The lowest BCUT2D eigenvalue weighted by Crippen LogP contribution is -2.41. The number of rotatable bonds is 9. The largest absolute Gasteiger partial charge is 0.316 e. The zero-order valence-electron chi connectivity index (χ0n) is 13.8. The van der Waals surface area contributed by atoms with Crippen LogP contribution in [0.25, 0.3) is 0 Å². The first-order valence-corrected chi connectivity index (χ1v) is 7.73. The highest BCUT2D eigenvalue weighted by Crippen LogP contribution is 2.22. The second kappa shape index (κ2) is 8.38. The summed E-state index contributed by atoms with van der Waals surface area (Å²) >= 11 is 0. The Hall–Kier alpha value is -0.930. The lowest BCUT2D eigenvalue weighted by molar-refractivity contribution is 0.174. The van der Waals surface area contributed by atoms with Crippen molar-refractivity contribution >= 4 is 0 Å². The van der Waals surface area contributed by atoms with Gasteiger partial charge in [-0.2, -0.15) is 0 Å². The minimum atomic E-state index is 0.325. The minimum Gasteiger partial charge on any atom is -0.316 e. The zero-order chi connectivity index (χ0) is 15.0. The van der Waals surface area contributed by atoms with Gasteiger partial charge in [0.05, 0.1) is 0 Å². The smallest absolute Gasteiger partial charge is 0.0312 e. The van der Waals surface area contributed by atoms with Crippen LogP contribution in [0, 0.1) is 11.3 Å². The molecule has 20 heavy (non-hydrogen) atoms. The van der Waals surface area contributed by atoms with Crippen LogP contribution in [0.4, 0.5) is 0 Å². The summed E-state index contributed by atoms with van der Waals surface area (Å²) in [5, 5.41) is 3.61. The van der Waals surface area contributed by atoms with Crippen molar-refractivity contribution in [3.63, 3.8) is 0 Å². The average Bonchev–Trinajstić information content (AvgIpc) is 2.39. The molecule has 1 rings (SSSR count). The maximum absolute atomic E-state index is 4.18. The first kappa shape index (κ1) is 17.1. The molecule has 0 bridgehead atoms. The van der Waals surface area contributed by atoms with Gasteiger partial charge in [0.1, 0.15) is 0 Å². The van der Waals surface area contributed by atoms with E-state index >= 15 is 0 Å². The predicted octanol–water partition coefficient (Wildman–Crippen LogP) is 3.18. The topological polar surface area (TPSA) is 28.2 Å². The highest BCUT2D eigenvalue weighted by Gasteiger charge is 2.23. The summed E-state index contributed by atoms with van der Waals surface area (Å²) in [6.07, 6.45) is 4.97. The summed E-state index contributed by atoms with van der Waals surface area (Å²) in [4.78, 5) is 6.58. The Balaban J connectivity index is 2.45. The molecule has 0 aliphatic rings. The fraction of sp³-hybridized carbons (Fsp3) is 0.706. The molecular weight excluding hydrogens is 246 g/mol. The monoisotopic (exact) mass is 277 g/mol. The van der Waals surface area contributed by atoms with Crippen LogP contribution < -0.4 is 5.32 Å². The number of nitrogens with one attached hydrogen (secondary N) is 1. The number of aromatic nitrogens is 1. The van der Waals surface area contributed by atoms with Gasteiger partial charge >= 0.3 is 0 Å². The van der Waals surface area contributed by atoms with Crippen LogP contribution in [-0.2, 0) is 6.54 Å². The van der Waals surface area contributed by atoms with E-state index in [1.54, 1.807) is 0 Å². The molecule has 3 nitrogen and oxygen atoms in total. The van der Waals surface area contributed by atoms with Crippen LogP contribution in [0.15, 0.2) is 24.5 Å². The second-order valence-corrected chi connectivity index (χ2v) is 6.72. The maximum atomic E-state index is 4.18. The molecular formula is C17H31N3. The number of hydrogen-bond acceptors (Lipinski definition) is 3. The molecule has 0 aliphatic carbocycles. The molecule has 0 fully saturated rings. The molecule has 0 radical (unpaired) electrons. The molecule has 1 aromatic heterocycles. The molecule has 114 valence electrons. The standard InChI is InChI=1S/C17H31N3/c1-6-17(4,13-19-10-15(2)3)14-20(5)12-16-8-7-9-18-11-16/h7-9,11,15,19H,6,10,12-14H2,1-5H3. The van der Waals surface area contributed by atoms with Crippen molar-refractivity contribution < 1.29 is 0 Å². The molecule has 1 N–H and O–H groups in total. The molecule has 0 aromatic carbocycles. The van der Waals surface area contributed by atoms with Gasteiger partial charge < -0.3 is 10.2 Å². The summed E-state index contributed by atoms with van der Waals surface area (Å²) in [6, 6.07) is 4.15. The van der Waals surface area contributed by atoms with Crippen LogP contribution in [0.5, 0.6) is 0 Å². The van der Waals surface area contributed by atoms with E-state index in [1.807, 2.05) is 18.5 Å². The Kier molecular flexibility index (Phi) is 7.17. The molecule has 0 aliphatic heterocycles. The summed E-state index contributed by atoms with van der Waals surface area (Å²) in [5.41, 5.74) is 1.61. The van der Waals surface area contributed by atoms with Crippen LogP contribution in [0.2, 0.25) is 0 Å². The molecule has 0 spiro atoms. The van der Waals surface area contributed by atoms with Crippen LogP contribution in [-0.4, -0.2) is 36.6 Å². The third-order valence-corrected chi connectivity index (χ3v) is 3.78. The van der Waals surface area contributed by atoms with E-state index in [0.717, 1.165) is 26.2 Å². The van der Waals surface area contributed by atoms with E-state index in [4.69, 9.17) is 0 Å². The van der Waals surface area contributed by atoms with Crippen molar-refractivity contribution in [2.24, 2.45) is 11.3 Å². The van der Waals surface area contributed by atoms with Crippen molar-refractivity contribution in [1.82, 2.24) is 15.2 Å². The van der Waals surface area contributed by atoms with Crippen LogP contribution in [0.3, 0.4) is 0 Å². The Labute approximate surface area is 124 Å². The van der Waals surface area contributed by atoms with E-state index in [9.17, 15) is 0 Å². The second-order valence-electron chi connectivity index (χ2n) is 6.72. The molecule has 1 atom stereocenters. The van der Waals surface area contributed by atoms with Gasteiger partial charge in [0.25, 0.3) is 0 Å². The molecule has 3 heteroatoms. The van der Waals surface area contributed by atoms with E-state index in [-0.39, 0.29) is 0 Å². The summed E-state index contributed by atoms with van der Waals surface area (Å²) in [5.74, 6) is 0.712. The van der Waals surface area contributed by atoms with E-state index < -0.39 is 0 Å². The van der Waals surface area contributed by atoms with E-state index in [1.165, 1.54) is 12.0 Å². The predicted molar refractivity (Wildman–Crippen MR) is 86.7 cm³/mol. The Morgan fingerprint density at radius 3 is 2.70 bits per heavy atom. The Morgan fingerprint density at radius 2 is 2.15 bits per heavy atom. The third kappa shape index (κ3) is 6.49. The minimum absolute atomic E-state index is 0.325. The lowest BCUT2D eigenvalue weighted by atomic mass is 9.86. The third-order valence-electron chi connectivity index (χ3n) is 3.78. The highest BCUT2D eigenvalue weighted by molar-refractivity contribution is 5.08. The van der Waals surface area contributed by atoms with Crippen molar-refractivity contribution in [3.05, 3.63) is 30.1 Å². The van der Waals surface area contributed by atoms with Crippen LogP contribution >= 0.6 is 0 Å². The van der Waals surface area contributed by atoms with Crippen LogP contribution in [0.1, 0.15) is 39.7 Å². The lowest BCUT2D eigenvalue weighted by Gasteiger charge is -2.33. The fourth-order valence-corrected chi connectivity index (χ4v) is 2.47.